The number of hydrogen-bond donors (Lipinski definition) is 3. The van der Waals surface area contributed by atoms with Gasteiger partial charge in [-0.25, -0.2) is 15.8 Å². The Bertz CT molecular complexity index is 410. The normalized spacial score (nSPS) is 18.7. The van der Waals surface area contributed by atoms with Gasteiger partial charge < -0.3 is 10.7 Å². The summed E-state index contributed by atoms with van der Waals surface area (Å²) in [5, 5.41) is 4.22. The highest BCUT2D eigenvalue weighted by Crippen LogP contribution is 2.49. The van der Waals surface area contributed by atoms with E-state index in [4.69, 9.17) is 5.84 Å². The van der Waals surface area contributed by atoms with E-state index in [1.807, 2.05) is 12.3 Å². The van der Waals surface area contributed by atoms with Crippen molar-refractivity contribution < 1.29 is 0 Å². The molecule has 3 rings (SSSR count). The molecule has 2 saturated carbocycles. The van der Waals surface area contributed by atoms with Crippen molar-refractivity contribution in [2.24, 2.45) is 23.6 Å². The molecule has 5 nitrogen and oxygen atoms in total. The fourth-order valence-electron chi connectivity index (χ4n) is 2.67. The summed E-state index contributed by atoms with van der Waals surface area (Å²) in [6, 6.07) is 1.87. The summed E-state index contributed by atoms with van der Waals surface area (Å²) in [6.45, 7) is 1.03. The molecule has 0 bridgehead atoms. The van der Waals surface area contributed by atoms with Crippen molar-refractivity contribution in [2.75, 3.05) is 23.5 Å². The molecule has 1 heterocycles. The first kappa shape index (κ1) is 13.0. The average Bonchev–Trinajstić information content (AvgIpc) is 3.30. The van der Waals surface area contributed by atoms with Gasteiger partial charge in [0.15, 0.2) is 5.16 Å². The molecule has 6 heteroatoms. The van der Waals surface area contributed by atoms with Crippen LogP contribution in [-0.4, -0.2) is 22.8 Å². The Morgan fingerprint density at radius 2 is 1.89 bits per heavy atom. The Hall–Kier alpha value is -1.01. The second kappa shape index (κ2) is 5.54. The van der Waals surface area contributed by atoms with E-state index in [2.05, 4.69) is 20.7 Å². The number of thioether (sulfide) groups is 1. The minimum Gasteiger partial charge on any atom is -0.370 e. The third-order valence-corrected chi connectivity index (χ3v) is 4.56. The first-order valence-electron chi connectivity index (χ1n) is 6.93. The van der Waals surface area contributed by atoms with Crippen LogP contribution < -0.4 is 16.6 Å². The molecule has 104 valence electrons. The Morgan fingerprint density at radius 3 is 2.42 bits per heavy atom. The van der Waals surface area contributed by atoms with Crippen LogP contribution in [0.5, 0.6) is 0 Å². The fourth-order valence-corrected chi connectivity index (χ4v) is 3.05. The Balaban J connectivity index is 1.64. The molecule has 0 spiro atoms. The lowest BCUT2D eigenvalue weighted by Gasteiger charge is -2.17. The number of nitrogens with two attached hydrogens (primary N) is 1. The number of nitrogens with one attached hydrogen (secondary N) is 2. The first-order valence-corrected chi connectivity index (χ1v) is 8.16. The van der Waals surface area contributed by atoms with Gasteiger partial charge in [0.25, 0.3) is 0 Å². The van der Waals surface area contributed by atoms with E-state index in [9.17, 15) is 0 Å². The van der Waals surface area contributed by atoms with Gasteiger partial charge in [0, 0.05) is 12.6 Å². The van der Waals surface area contributed by atoms with Crippen LogP contribution in [0.3, 0.4) is 0 Å². The molecule has 0 amide bonds. The Labute approximate surface area is 118 Å². The largest absolute Gasteiger partial charge is 0.370 e. The number of hydrazine groups is 1. The van der Waals surface area contributed by atoms with Gasteiger partial charge in [-0.1, -0.05) is 11.8 Å². The molecule has 1 aromatic rings. The molecule has 2 fully saturated rings. The maximum atomic E-state index is 5.44. The van der Waals surface area contributed by atoms with Crippen LogP contribution in [0.4, 0.5) is 11.6 Å². The summed E-state index contributed by atoms with van der Waals surface area (Å²) in [7, 11) is 0. The number of nitrogens with zero attached hydrogens (tertiary/aromatic N) is 2. The van der Waals surface area contributed by atoms with Gasteiger partial charge in [-0.05, 0) is 49.7 Å². The second-order valence-electron chi connectivity index (χ2n) is 5.49. The van der Waals surface area contributed by atoms with Gasteiger partial charge in [-0.3, -0.25) is 0 Å². The molecule has 0 radical (unpaired) electrons. The van der Waals surface area contributed by atoms with Crippen molar-refractivity contribution in [3.8, 4) is 0 Å². The predicted molar refractivity (Wildman–Crippen MR) is 79.1 cm³/mol. The van der Waals surface area contributed by atoms with Gasteiger partial charge in [-0.2, -0.15) is 0 Å². The maximum absolute atomic E-state index is 5.44. The van der Waals surface area contributed by atoms with Gasteiger partial charge >= 0.3 is 0 Å². The van der Waals surface area contributed by atoms with Gasteiger partial charge in [0.1, 0.15) is 11.6 Å². The molecule has 2 aliphatic rings. The van der Waals surface area contributed by atoms with E-state index in [0.29, 0.717) is 5.82 Å². The molecular weight excluding hydrogens is 258 g/mol. The van der Waals surface area contributed by atoms with Crippen molar-refractivity contribution in [3.05, 3.63) is 6.07 Å². The van der Waals surface area contributed by atoms with E-state index >= 15 is 0 Å². The van der Waals surface area contributed by atoms with E-state index < -0.39 is 0 Å². The Kier molecular flexibility index (Phi) is 3.79. The van der Waals surface area contributed by atoms with Crippen LogP contribution in [0, 0.1) is 17.8 Å². The summed E-state index contributed by atoms with van der Waals surface area (Å²) in [6.07, 6.45) is 7.63. The third kappa shape index (κ3) is 3.30. The van der Waals surface area contributed by atoms with Gasteiger partial charge in [-0.15, -0.1) is 0 Å². The minimum atomic E-state index is 0.663. The van der Waals surface area contributed by atoms with Crippen LogP contribution >= 0.6 is 11.8 Å². The SMILES string of the molecule is CSc1nc(NN)cc(NCC(C2CC2)C2CC2)n1. The van der Waals surface area contributed by atoms with Crippen molar-refractivity contribution in [1.82, 2.24) is 9.97 Å². The summed E-state index contributed by atoms with van der Waals surface area (Å²) >= 11 is 1.53. The smallest absolute Gasteiger partial charge is 0.191 e. The zero-order valence-electron chi connectivity index (χ0n) is 11.2. The number of rotatable bonds is 7. The zero-order chi connectivity index (χ0) is 13.2. The molecule has 0 aromatic carbocycles. The molecule has 0 saturated heterocycles. The van der Waals surface area contributed by atoms with Crippen molar-refractivity contribution >= 4 is 23.4 Å². The van der Waals surface area contributed by atoms with Crippen molar-refractivity contribution in [1.29, 1.82) is 0 Å². The molecule has 19 heavy (non-hydrogen) atoms. The number of hydrogen-bond acceptors (Lipinski definition) is 6. The van der Waals surface area contributed by atoms with Crippen molar-refractivity contribution in [2.45, 2.75) is 30.8 Å². The standard InChI is InChI=1S/C13H21N5S/c1-19-13-16-11(6-12(17-13)18-14)15-7-10(8-2-3-8)9-4-5-9/h6,8-10H,2-5,7,14H2,1H3,(H2,15,16,17,18). The minimum absolute atomic E-state index is 0.663. The quantitative estimate of drug-likeness (QED) is 0.308. The molecule has 0 atom stereocenters. The van der Waals surface area contributed by atoms with E-state index in [0.717, 1.165) is 35.3 Å². The van der Waals surface area contributed by atoms with Crippen LogP contribution in [0.1, 0.15) is 25.7 Å². The summed E-state index contributed by atoms with van der Waals surface area (Å²) in [4.78, 5) is 8.74. The highest BCUT2D eigenvalue weighted by Gasteiger charge is 2.41. The highest BCUT2D eigenvalue weighted by atomic mass is 32.2. The average molecular weight is 279 g/mol. The summed E-state index contributed by atoms with van der Waals surface area (Å²) in [5.74, 6) is 9.71. The third-order valence-electron chi connectivity index (χ3n) is 4.01. The molecule has 4 N–H and O–H groups in total. The zero-order valence-corrected chi connectivity index (χ0v) is 12.0. The first-order chi connectivity index (χ1) is 9.30. The predicted octanol–water partition coefficient (Wildman–Crippen LogP) is 2.33. The summed E-state index contributed by atoms with van der Waals surface area (Å²) in [5.41, 5.74) is 2.60. The van der Waals surface area contributed by atoms with Gasteiger partial charge in [0.05, 0.1) is 0 Å². The topological polar surface area (TPSA) is 75.9 Å². The van der Waals surface area contributed by atoms with Crippen LogP contribution in [0.15, 0.2) is 11.2 Å². The van der Waals surface area contributed by atoms with E-state index in [-0.39, 0.29) is 0 Å². The molecule has 1 aromatic heterocycles. The molecule has 0 aliphatic heterocycles. The highest BCUT2D eigenvalue weighted by molar-refractivity contribution is 7.98. The monoisotopic (exact) mass is 279 g/mol. The fraction of sp³-hybridized carbons (Fsp3) is 0.692. The maximum Gasteiger partial charge on any atom is 0.191 e. The van der Waals surface area contributed by atoms with Crippen LogP contribution in [0.25, 0.3) is 0 Å². The second-order valence-corrected chi connectivity index (χ2v) is 6.26. The van der Waals surface area contributed by atoms with E-state index in [1.54, 1.807) is 0 Å². The molecule has 2 aliphatic carbocycles. The number of nitrogen functional groups attached to an aromatic ring is 1. The molecular formula is C13H21N5S. The van der Waals surface area contributed by atoms with Gasteiger partial charge in [0.2, 0.25) is 0 Å². The number of anilines is 2. The lowest BCUT2D eigenvalue weighted by molar-refractivity contribution is 0.427. The van der Waals surface area contributed by atoms with Crippen molar-refractivity contribution in [3.63, 3.8) is 0 Å². The van der Waals surface area contributed by atoms with Crippen LogP contribution in [0.2, 0.25) is 0 Å². The number of aromatic nitrogens is 2. The van der Waals surface area contributed by atoms with Crippen LogP contribution in [-0.2, 0) is 0 Å². The summed E-state index contributed by atoms with van der Waals surface area (Å²) < 4.78 is 0. The Morgan fingerprint density at radius 1 is 1.26 bits per heavy atom. The lowest BCUT2D eigenvalue weighted by Crippen LogP contribution is -2.19. The van der Waals surface area contributed by atoms with E-state index in [1.165, 1.54) is 37.4 Å². The molecule has 0 unspecified atom stereocenters. The lowest BCUT2D eigenvalue weighted by atomic mass is 9.98.